The zero-order chi connectivity index (χ0) is 11.7. The van der Waals surface area contributed by atoms with Crippen LogP contribution in [0.1, 0.15) is 5.69 Å². The van der Waals surface area contributed by atoms with Crippen molar-refractivity contribution >= 4 is 15.9 Å². The first-order valence-corrected chi connectivity index (χ1v) is 6.39. The molecule has 0 spiro atoms. The van der Waals surface area contributed by atoms with Gasteiger partial charge in [-0.1, -0.05) is 22.0 Å². The van der Waals surface area contributed by atoms with E-state index in [2.05, 4.69) is 20.9 Å². The van der Waals surface area contributed by atoms with Crippen molar-refractivity contribution in [3.63, 3.8) is 0 Å². The van der Waals surface area contributed by atoms with Crippen LogP contribution in [0.4, 0.5) is 0 Å². The zero-order valence-corrected chi connectivity index (χ0v) is 10.6. The van der Waals surface area contributed by atoms with Crippen LogP contribution in [0.3, 0.4) is 0 Å². The first-order valence-electron chi connectivity index (χ1n) is 5.27. The highest BCUT2D eigenvalue weighted by atomic mass is 79.9. The highest BCUT2D eigenvalue weighted by Crippen LogP contribution is 2.41. The Labute approximate surface area is 107 Å². The predicted molar refractivity (Wildman–Crippen MR) is 65.6 cm³/mol. The molecule has 1 aliphatic heterocycles. The lowest BCUT2D eigenvalue weighted by molar-refractivity contribution is 0.172. The second-order valence-corrected chi connectivity index (χ2v) is 4.15. The van der Waals surface area contributed by atoms with E-state index in [9.17, 15) is 0 Å². The molecule has 17 heavy (non-hydrogen) atoms. The molecule has 88 valence electrons. The molecule has 0 N–H and O–H groups in total. The molecule has 0 fully saturated rings. The van der Waals surface area contributed by atoms with E-state index in [1.165, 1.54) is 6.39 Å². The summed E-state index contributed by atoms with van der Waals surface area (Å²) >= 11 is 3.39. The van der Waals surface area contributed by atoms with Gasteiger partial charge in [0.05, 0.1) is 11.3 Å². The number of hydrogen-bond donors (Lipinski definition) is 0. The van der Waals surface area contributed by atoms with Crippen molar-refractivity contribution in [2.45, 2.75) is 5.33 Å². The normalized spacial score (nSPS) is 13.7. The Hall–Kier alpha value is -1.49. The van der Waals surface area contributed by atoms with Gasteiger partial charge in [0.15, 0.2) is 23.7 Å². The van der Waals surface area contributed by atoms with Crippen LogP contribution in [0.15, 0.2) is 29.0 Å². The molecule has 0 amide bonds. The Morgan fingerprint density at radius 2 is 2.12 bits per heavy atom. The first-order chi connectivity index (χ1) is 8.40. The fourth-order valence-electron chi connectivity index (χ4n) is 1.84. The van der Waals surface area contributed by atoms with Crippen molar-refractivity contribution in [1.82, 2.24) is 4.98 Å². The molecule has 2 aromatic rings. The fraction of sp³-hybridized carbons (Fsp3) is 0.250. The number of alkyl halides is 1. The number of benzene rings is 1. The number of halogens is 1. The summed E-state index contributed by atoms with van der Waals surface area (Å²) in [6, 6.07) is 5.76. The van der Waals surface area contributed by atoms with Crippen LogP contribution < -0.4 is 9.47 Å². The van der Waals surface area contributed by atoms with Crippen LogP contribution in [0.25, 0.3) is 11.3 Å². The van der Waals surface area contributed by atoms with E-state index in [1.54, 1.807) is 0 Å². The van der Waals surface area contributed by atoms with Gasteiger partial charge < -0.3 is 13.9 Å². The highest BCUT2D eigenvalue weighted by molar-refractivity contribution is 9.08. The molecule has 0 aliphatic carbocycles. The molecular weight excluding hydrogens is 286 g/mol. The molecule has 0 saturated heterocycles. The Bertz CT molecular complexity index is 538. The van der Waals surface area contributed by atoms with Crippen LogP contribution in [0.5, 0.6) is 11.5 Å². The van der Waals surface area contributed by atoms with E-state index in [0.29, 0.717) is 18.5 Å². The van der Waals surface area contributed by atoms with Gasteiger partial charge in [-0.15, -0.1) is 0 Å². The summed E-state index contributed by atoms with van der Waals surface area (Å²) in [5, 5.41) is 0.642. The molecule has 0 atom stereocenters. The largest absolute Gasteiger partial charge is 0.486 e. The number of aromatic nitrogens is 1. The first kappa shape index (κ1) is 10.7. The highest BCUT2D eigenvalue weighted by Gasteiger charge is 2.20. The Kier molecular flexibility index (Phi) is 2.76. The molecule has 4 nitrogen and oxygen atoms in total. The van der Waals surface area contributed by atoms with E-state index in [1.807, 2.05) is 18.2 Å². The number of ether oxygens (including phenoxy) is 2. The van der Waals surface area contributed by atoms with Crippen molar-refractivity contribution in [3.05, 3.63) is 30.3 Å². The van der Waals surface area contributed by atoms with Crippen LogP contribution in [0, 0.1) is 0 Å². The van der Waals surface area contributed by atoms with E-state index in [4.69, 9.17) is 13.9 Å². The maximum absolute atomic E-state index is 5.65. The molecule has 0 unspecified atom stereocenters. The van der Waals surface area contributed by atoms with E-state index >= 15 is 0 Å². The molecule has 0 bridgehead atoms. The standard InChI is InChI=1S/C12H10BrNO3/c13-6-9-11(17-7-14-9)8-2-1-3-10-12(8)16-5-4-15-10/h1-3,7H,4-6H2. The average Bonchev–Trinajstić information content (AvgIpc) is 2.86. The number of hydrogen-bond acceptors (Lipinski definition) is 4. The number of rotatable bonds is 2. The number of nitrogens with zero attached hydrogens (tertiary/aromatic N) is 1. The number of fused-ring (bicyclic) bond motifs is 1. The van der Waals surface area contributed by atoms with Crippen molar-refractivity contribution in [3.8, 4) is 22.8 Å². The van der Waals surface area contributed by atoms with Gasteiger partial charge in [-0.05, 0) is 12.1 Å². The topological polar surface area (TPSA) is 44.5 Å². The predicted octanol–water partition coefficient (Wildman–Crippen LogP) is 3.01. The lowest BCUT2D eigenvalue weighted by Gasteiger charge is -2.20. The van der Waals surface area contributed by atoms with Crippen molar-refractivity contribution < 1.29 is 13.9 Å². The minimum atomic E-state index is 0.557. The summed E-state index contributed by atoms with van der Waals surface area (Å²) in [6.45, 7) is 1.14. The Morgan fingerprint density at radius 3 is 3.00 bits per heavy atom. The van der Waals surface area contributed by atoms with Gasteiger partial charge in [0, 0.05) is 5.33 Å². The number of para-hydroxylation sites is 1. The third kappa shape index (κ3) is 1.80. The minimum absolute atomic E-state index is 0.557. The quantitative estimate of drug-likeness (QED) is 0.799. The molecule has 0 saturated carbocycles. The third-order valence-electron chi connectivity index (χ3n) is 2.58. The summed E-state index contributed by atoms with van der Waals surface area (Å²) in [4.78, 5) is 4.15. The molecule has 2 heterocycles. The second-order valence-electron chi connectivity index (χ2n) is 3.59. The van der Waals surface area contributed by atoms with E-state index in [-0.39, 0.29) is 0 Å². The van der Waals surface area contributed by atoms with Gasteiger partial charge in [-0.3, -0.25) is 0 Å². The Balaban J connectivity index is 2.14. The molecule has 1 aliphatic rings. The van der Waals surface area contributed by atoms with Crippen molar-refractivity contribution in [2.24, 2.45) is 0 Å². The van der Waals surface area contributed by atoms with Crippen LogP contribution in [0.2, 0.25) is 0 Å². The maximum Gasteiger partial charge on any atom is 0.181 e. The summed E-state index contributed by atoms with van der Waals surface area (Å²) in [7, 11) is 0. The van der Waals surface area contributed by atoms with E-state index < -0.39 is 0 Å². The smallest absolute Gasteiger partial charge is 0.181 e. The molecular formula is C12H10BrNO3. The Morgan fingerprint density at radius 1 is 1.24 bits per heavy atom. The van der Waals surface area contributed by atoms with E-state index in [0.717, 1.165) is 28.5 Å². The van der Waals surface area contributed by atoms with Gasteiger partial charge in [-0.2, -0.15) is 0 Å². The third-order valence-corrected chi connectivity index (χ3v) is 3.11. The average molecular weight is 296 g/mol. The number of oxazole rings is 1. The molecule has 1 aromatic carbocycles. The maximum atomic E-state index is 5.65. The molecule has 1 aromatic heterocycles. The summed E-state index contributed by atoms with van der Waals surface area (Å²) in [5.74, 6) is 2.22. The van der Waals surface area contributed by atoms with Gasteiger partial charge in [-0.25, -0.2) is 4.98 Å². The minimum Gasteiger partial charge on any atom is -0.486 e. The van der Waals surface area contributed by atoms with Crippen molar-refractivity contribution in [2.75, 3.05) is 13.2 Å². The molecule has 0 radical (unpaired) electrons. The van der Waals surface area contributed by atoms with Crippen LogP contribution >= 0.6 is 15.9 Å². The van der Waals surface area contributed by atoms with Crippen LogP contribution in [-0.4, -0.2) is 18.2 Å². The van der Waals surface area contributed by atoms with Gasteiger partial charge in [0.2, 0.25) is 0 Å². The van der Waals surface area contributed by atoms with Crippen LogP contribution in [-0.2, 0) is 5.33 Å². The van der Waals surface area contributed by atoms with Gasteiger partial charge >= 0.3 is 0 Å². The van der Waals surface area contributed by atoms with Gasteiger partial charge in [0.1, 0.15) is 13.2 Å². The summed E-state index contributed by atoms with van der Waals surface area (Å²) < 4.78 is 16.6. The monoisotopic (exact) mass is 295 g/mol. The van der Waals surface area contributed by atoms with Crippen molar-refractivity contribution in [1.29, 1.82) is 0 Å². The zero-order valence-electron chi connectivity index (χ0n) is 8.98. The molecule has 5 heteroatoms. The lowest BCUT2D eigenvalue weighted by atomic mass is 10.1. The van der Waals surface area contributed by atoms with Gasteiger partial charge in [0.25, 0.3) is 0 Å². The fourth-order valence-corrected chi connectivity index (χ4v) is 2.24. The second kappa shape index (κ2) is 4.41. The molecule has 3 rings (SSSR count). The summed E-state index contributed by atoms with van der Waals surface area (Å²) in [6.07, 6.45) is 1.44. The lowest BCUT2D eigenvalue weighted by Crippen LogP contribution is -2.15. The SMILES string of the molecule is BrCc1ncoc1-c1cccc2c1OCCO2. The summed E-state index contributed by atoms with van der Waals surface area (Å²) in [5.41, 5.74) is 1.74.